The van der Waals surface area contributed by atoms with Gasteiger partial charge in [-0.15, -0.1) is 10.2 Å². The van der Waals surface area contributed by atoms with Gasteiger partial charge in [-0.1, -0.05) is 0 Å². The summed E-state index contributed by atoms with van der Waals surface area (Å²) in [5.41, 5.74) is 5.98. The Labute approximate surface area is 117 Å². The summed E-state index contributed by atoms with van der Waals surface area (Å²) >= 11 is 1.59. The van der Waals surface area contributed by atoms with Crippen LogP contribution in [0.2, 0.25) is 0 Å². The molecule has 1 aromatic heterocycles. The van der Waals surface area contributed by atoms with Crippen LogP contribution < -0.4 is 11.1 Å². The Morgan fingerprint density at radius 2 is 2.32 bits per heavy atom. The van der Waals surface area contributed by atoms with Gasteiger partial charge < -0.3 is 15.6 Å². The number of thioether (sulfide) groups is 1. The van der Waals surface area contributed by atoms with Crippen molar-refractivity contribution >= 4 is 17.7 Å². The van der Waals surface area contributed by atoms with E-state index in [0.29, 0.717) is 6.54 Å². The Balaban J connectivity index is 1.93. The van der Waals surface area contributed by atoms with Crippen LogP contribution in [0, 0.1) is 0 Å². The van der Waals surface area contributed by atoms with E-state index < -0.39 is 6.04 Å². The van der Waals surface area contributed by atoms with Gasteiger partial charge >= 0.3 is 0 Å². The smallest absolute Gasteiger partial charge is 0.238 e. The molecule has 0 unspecified atom stereocenters. The number of nitrogens with two attached hydrogens (primary N) is 1. The topological polar surface area (TPSA) is 85.8 Å². The maximum atomic E-state index is 12.0. The van der Waals surface area contributed by atoms with Crippen molar-refractivity contribution < 1.29 is 4.79 Å². The zero-order chi connectivity index (χ0) is 14.0. The molecule has 1 aliphatic heterocycles. The summed E-state index contributed by atoms with van der Waals surface area (Å²) in [4.78, 5) is 12.0. The number of carbonyl (C=O) groups excluding carboxylic acids is 1. The second kappa shape index (κ2) is 5.50. The SMILES string of the molecule is CSC(C)(C)[C@H](N)C(=O)NCc1nnc2n1CCC2. The van der Waals surface area contributed by atoms with E-state index >= 15 is 0 Å². The number of amides is 1. The molecule has 0 spiro atoms. The first-order valence-electron chi connectivity index (χ1n) is 6.45. The third-order valence-corrected chi connectivity index (χ3v) is 4.97. The molecule has 0 radical (unpaired) electrons. The number of nitrogens with zero attached hydrogens (tertiary/aromatic N) is 3. The molecule has 2 heterocycles. The minimum Gasteiger partial charge on any atom is -0.347 e. The number of rotatable bonds is 5. The summed E-state index contributed by atoms with van der Waals surface area (Å²) in [6.07, 6.45) is 4.03. The lowest BCUT2D eigenvalue weighted by Crippen LogP contribution is -2.51. The van der Waals surface area contributed by atoms with Gasteiger partial charge in [-0.25, -0.2) is 0 Å². The molecule has 1 atom stereocenters. The molecule has 0 saturated carbocycles. The monoisotopic (exact) mass is 283 g/mol. The average molecular weight is 283 g/mol. The second-order valence-corrected chi connectivity index (χ2v) is 6.75. The molecule has 2 rings (SSSR count). The van der Waals surface area contributed by atoms with Gasteiger partial charge in [-0.2, -0.15) is 11.8 Å². The summed E-state index contributed by atoms with van der Waals surface area (Å²) in [6.45, 7) is 5.27. The van der Waals surface area contributed by atoms with E-state index in [0.717, 1.165) is 31.0 Å². The fourth-order valence-electron chi connectivity index (χ4n) is 2.06. The van der Waals surface area contributed by atoms with E-state index in [1.165, 1.54) is 0 Å². The first-order chi connectivity index (χ1) is 8.95. The zero-order valence-electron chi connectivity index (χ0n) is 11.6. The molecule has 3 N–H and O–H groups in total. The molecule has 6 nitrogen and oxygen atoms in total. The molecule has 19 heavy (non-hydrogen) atoms. The highest BCUT2D eigenvalue weighted by atomic mass is 32.2. The minimum atomic E-state index is -0.538. The summed E-state index contributed by atoms with van der Waals surface area (Å²) in [7, 11) is 0. The van der Waals surface area contributed by atoms with Crippen LogP contribution in [0.4, 0.5) is 0 Å². The first-order valence-corrected chi connectivity index (χ1v) is 7.67. The third kappa shape index (κ3) is 2.92. The normalized spacial score (nSPS) is 16.2. The van der Waals surface area contributed by atoms with E-state index in [4.69, 9.17) is 5.73 Å². The highest BCUT2D eigenvalue weighted by Gasteiger charge is 2.31. The van der Waals surface area contributed by atoms with Gasteiger partial charge in [0, 0.05) is 17.7 Å². The van der Waals surface area contributed by atoms with E-state index in [1.54, 1.807) is 11.8 Å². The Hall–Kier alpha value is -1.08. The van der Waals surface area contributed by atoms with Crippen LogP contribution in [0.5, 0.6) is 0 Å². The van der Waals surface area contributed by atoms with Crippen molar-refractivity contribution in [1.82, 2.24) is 20.1 Å². The molecule has 0 bridgehead atoms. The molecule has 106 valence electrons. The molecule has 1 aliphatic rings. The first kappa shape index (κ1) is 14.3. The molecule has 0 aliphatic carbocycles. The van der Waals surface area contributed by atoms with E-state index in [2.05, 4.69) is 20.1 Å². The standard InChI is InChI=1S/C12H21N5OS/c1-12(2,19-3)10(13)11(18)14-7-9-16-15-8-5-4-6-17(8)9/h10H,4-7,13H2,1-3H3,(H,14,18)/t10-/m1/s1. The second-order valence-electron chi connectivity index (χ2n) is 5.29. The summed E-state index contributed by atoms with van der Waals surface area (Å²) in [5, 5.41) is 11.1. The van der Waals surface area contributed by atoms with Crippen LogP contribution in [0.1, 0.15) is 31.9 Å². The van der Waals surface area contributed by atoms with Gasteiger partial charge in [-0.05, 0) is 26.5 Å². The van der Waals surface area contributed by atoms with E-state index in [9.17, 15) is 4.79 Å². The maximum Gasteiger partial charge on any atom is 0.238 e. The van der Waals surface area contributed by atoms with Gasteiger partial charge in [0.2, 0.25) is 5.91 Å². The molecular formula is C12H21N5OS. The number of aryl methyl sites for hydroxylation is 1. The molecule has 0 aromatic carbocycles. The molecular weight excluding hydrogens is 262 g/mol. The largest absolute Gasteiger partial charge is 0.347 e. The lowest BCUT2D eigenvalue weighted by Gasteiger charge is -2.28. The number of carbonyl (C=O) groups is 1. The fourth-order valence-corrected chi connectivity index (χ4v) is 2.42. The Morgan fingerprint density at radius 1 is 1.58 bits per heavy atom. The number of nitrogens with one attached hydrogen (secondary N) is 1. The summed E-state index contributed by atoms with van der Waals surface area (Å²) in [6, 6.07) is -0.538. The molecule has 0 saturated heterocycles. The number of fused-ring (bicyclic) bond motifs is 1. The number of hydrogen-bond donors (Lipinski definition) is 2. The lowest BCUT2D eigenvalue weighted by atomic mass is 10.0. The van der Waals surface area contributed by atoms with Crippen molar-refractivity contribution in [2.45, 2.75) is 50.6 Å². The van der Waals surface area contributed by atoms with Crippen molar-refractivity contribution in [2.75, 3.05) is 6.26 Å². The van der Waals surface area contributed by atoms with Crippen molar-refractivity contribution in [3.8, 4) is 0 Å². The van der Waals surface area contributed by atoms with E-state index in [-0.39, 0.29) is 10.7 Å². The van der Waals surface area contributed by atoms with Gasteiger partial charge in [0.1, 0.15) is 5.82 Å². The fraction of sp³-hybridized carbons (Fsp3) is 0.750. The summed E-state index contributed by atoms with van der Waals surface area (Å²) in [5.74, 6) is 1.68. The van der Waals surface area contributed by atoms with Crippen molar-refractivity contribution in [3.63, 3.8) is 0 Å². The van der Waals surface area contributed by atoms with E-state index in [1.807, 2.05) is 20.1 Å². The molecule has 7 heteroatoms. The van der Waals surface area contributed by atoms with Crippen molar-refractivity contribution in [2.24, 2.45) is 5.73 Å². The van der Waals surface area contributed by atoms with Gasteiger partial charge in [0.15, 0.2) is 5.82 Å². The van der Waals surface area contributed by atoms with Crippen LogP contribution in [-0.4, -0.2) is 37.7 Å². The minimum absolute atomic E-state index is 0.144. The van der Waals surface area contributed by atoms with Crippen LogP contribution in [0.15, 0.2) is 0 Å². The van der Waals surface area contributed by atoms with Gasteiger partial charge in [-0.3, -0.25) is 4.79 Å². The van der Waals surface area contributed by atoms with Crippen LogP contribution in [-0.2, 0) is 24.3 Å². The Kier molecular flexibility index (Phi) is 4.15. The highest BCUT2D eigenvalue weighted by molar-refractivity contribution is 8.00. The third-order valence-electron chi connectivity index (χ3n) is 3.66. The van der Waals surface area contributed by atoms with Crippen molar-refractivity contribution in [1.29, 1.82) is 0 Å². The molecule has 0 fully saturated rings. The highest BCUT2D eigenvalue weighted by Crippen LogP contribution is 2.24. The number of aromatic nitrogens is 3. The lowest BCUT2D eigenvalue weighted by molar-refractivity contribution is -0.123. The van der Waals surface area contributed by atoms with Gasteiger partial charge in [0.25, 0.3) is 0 Å². The van der Waals surface area contributed by atoms with Crippen LogP contribution in [0.3, 0.4) is 0 Å². The maximum absolute atomic E-state index is 12.0. The predicted molar refractivity (Wildman–Crippen MR) is 75.8 cm³/mol. The Morgan fingerprint density at radius 3 is 3.00 bits per heavy atom. The van der Waals surface area contributed by atoms with Crippen LogP contribution >= 0.6 is 11.8 Å². The van der Waals surface area contributed by atoms with Gasteiger partial charge in [0.05, 0.1) is 12.6 Å². The quantitative estimate of drug-likeness (QED) is 0.812. The Bertz CT molecular complexity index is 471. The summed E-state index contributed by atoms with van der Waals surface area (Å²) < 4.78 is 1.79. The number of hydrogen-bond acceptors (Lipinski definition) is 5. The average Bonchev–Trinajstić information content (AvgIpc) is 2.98. The molecule has 1 aromatic rings. The zero-order valence-corrected chi connectivity index (χ0v) is 12.5. The van der Waals surface area contributed by atoms with Crippen molar-refractivity contribution in [3.05, 3.63) is 11.6 Å². The van der Waals surface area contributed by atoms with Crippen LogP contribution in [0.25, 0.3) is 0 Å². The predicted octanol–water partition coefficient (Wildman–Crippen LogP) is 0.309. The molecule has 1 amide bonds.